The number of para-hydroxylation sites is 1. The summed E-state index contributed by atoms with van der Waals surface area (Å²) in [6, 6.07) is 11.9. The van der Waals surface area contributed by atoms with Crippen LogP contribution in [-0.4, -0.2) is 24.2 Å². The van der Waals surface area contributed by atoms with Gasteiger partial charge in [0.25, 0.3) is 5.91 Å². The van der Waals surface area contributed by atoms with Gasteiger partial charge in [0.05, 0.1) is 12.3 Å². The molecule has 0 saturated carbocycles. The Bertz CT molecular complexity index is 947. The fourth-order valence-corrected chi connectivity index (χ4v) is 3.10. The smallest absolute Gasteiger partial charge is 0.387 e. The maximum absolute atomic E-state index is 12.8. The van der Waals surface area contributed by atoms with E-state index >= 15 is 0 Å². The summed E-state index contributed by atoms with van der Waals surface area (Å²) in [5, 5.41) is 3.17. The topological polar surface area (TPSA) is 50.8 Å². The highest BCUT2D eigenvalue weighted by atomic mass is 32.1. The molecule has 0 aromatic heterocycles. The number of benzene rings is 2. The van der Waals surface area contributed by atoms with Crippen molar-refractivity contribution in [3.63, 3.8) is 0 Å². The van der Waals surface area contributed by atoms with Gasteiger partial charge in [-0.05, 0) is 61.5 Å². The van der Waals surface area contributed by atoms with Crippen LogP contribution >= 0.6 is 12.2 Å². The van der Waals surface area contributed by atoms with E-state index in [1.54, 1.807) is 19.1 Å². The third kappa shape index (κ3) is 4.12. The van der Waals surface area contributed by atoms with Crippen LogP contribution < -0.4 is 19.7 Å². The third-order valence-corrected chi connectivity index (χ3v) is 4.31. The van der Waals surface area contributed by atoms with E-state index in [4.69, 9.17) is 17.0 Å². The van der Waals surface area contributed by atoms with Gasteiger partial charge in [0.15, 0.2) is 16.6 Å². The van der Waals surface area contributed by atoms with Gasteiger partial charge in [0.2, 0.25) is 0 Å². The van der Waals surface area contributed by atoms with Gasteiger partial charge in [-0.25, -0.2) is 0 Å². The molecule has 0 spiro atoms. The molecule has 1 amide bonds. The van der Waals surface area contributed by atoms with E-state index < -0.39 is 6.61 Å². The van der Waals surface area contributed by atoms with Crippen LogP contribution in [0.4, 0.5) is 14.5 Å². The van der Waals surface area contributed by atoms with Gasteiger partial charge in [0.1, 0.15) is 5.70 Å². The quantitative estimate of drug-likeness (QED) is 0.576. The molecule has 146 valence electrons. The first kappa shape index (κ1) is 19.8. The minimum Gasteiger partial charge on any atom is -0.490 e. The SMILES string of the molecule is CCOc1cc(/C=C2\NC(=S)N(c3ccccc3C)C2=O)ccc1OC(F)F. The van der Waals surface area contributed by atoms with E-state index in [-0.39, 0.29) is 34.8 Å². The Balaban J connectivity index is 1.91. The standard InChI is InChI=1S/C20H18F2N2O3S/c1-3-26-17-11-13(8-9-16(17)27-19(21)22)10-14-18(25)24(20(28)23-14)15-7-5-4-6-12(15)2/h4-11,19H,3H2,1-2H3,(H,23,28)/b14-10-. The summed E-state index contributed by atoms with van der Waals surface area (Å²) < 4.78 is 34.9. The van der Waals surface area contributed by atoms with Crippen molar-refractivity contribution >= 4 is 35.0 Å². The second kappa shape index (κ2) is 8.35. The number of nitrogens with one attached hydrogen (secondary N) is 1. The van der Waals surface area contributed by atoms with Gasteiger partial charge in [-0.2, -0.15) is 8.78 Å². The van der Waals surface area contributed by atoms with E-state index in [0.717, 1.165) is 5.56 Å². The zero-order valence-electron chi connectivity index (χ0n) is 15.2. The Morgan fingerprint density at radius 1 is 1.21 bits per heavy atom. The average Bonchev–Trinajstić information content (AvgIpc) is 2.91. The Morgan fingerprint density at radius 2 is 1.96 bits per heavy atom. The molecule has 0 atom stereocenters. The molecule has 28 heavy (non-hydrogen) atoms. The van der Waals surface area contributed by atoms with Crippen molar-refractivity contribution in [2.75, 3.05) is 11.5 Å². The molecule has 5 nitrogen and oxygen atoms in total. The molecule has 1 fully saturated rings. The molecule has 1 N–H and O–H groups in total. The number of anilines is 1. The number of carbonyl (C=O) groups is 1. The van der Waals surface area contributed by atoms with Crippen LogP contribution in [0.2, 0.25) is 0 Å². The number of halogens is 2. The molecule has 1 heterocycles. The number of ether oxygens (including phenoxy) is 2. The van der Waals surface area contributed by atoms with Gasteiger partial charge < -0.3 is 14.8 Å². The van der Waals surface area contributed by atoms with Crippen molar-refractivity contribution in [1.82, 2.24) is 5.32 Å². The van der Waals surface area contributed by atoms with Crippen molar-refractivity contribution in [3.05, 3.63) is 59.3 Å². The summed E-state index contributed by atoms with van der Waals surface area (Å²) >= 11 is 5.31. The number of nitrogens with zero attached hydrogens (tertiary/aromatic N) is 1. The second-order valence-corrected chi connectivity index (χ2v) is 6.32. The van der Waals surface area contributed by atoms with Crippen molar-refractivity contribution in [3.8, 4) is 11.5 Å². The van der Waals surface area contributed by atoms with Crippen LogP contribution in [0, 0.1) is 6.92 Å². The highest BCUT2D eigenvalue weighted by Crippen LogP contribution is 2.31. The molecule has 1 aliphatic rings. The van der Waals surface area contributed by atoms with E-state index in [1.807, 2.05) is 31.2 Å². The Morgan fingerprint density at radius 3 is 2.64 bits per heavy atom. The van der Waals surface area contributed by atoms with E-state index in [9.17, 15) is 13.6 Å². The van der Waals surface area contributed by atoms with Gasteiger partial charge in [-0.3, -0.25) is 9.69 Å². The van der Waals surface area contributed by atoms with Crippen molar-refractivity contribution in [2.24, 2.45) is 0 Å². The summed E-state index contributed by atoms with van der Waals surface area (Å²) in [6.07, 6.45) is 1.58. The van der Waals surface area contributed by atoms with E-state index in [1.165, 1.54) is 17.0 Å². The maximum atomic E-state index is 12.8. The molecule has 0 bridgehead atoms. The number of thiocarbonyl (C=S) groups is 1. The van der Waals surface area contributed by atoms with Gasteiger partial charge in [-0.1, -0.05) is 24.3 Å². The first-order valence-electron chi connectivity index (χ1n) is 8.55. The monoisotopic (exact) mass is 404 g/mol. The predicted molar refractivity (Wildman–Crippen MR) is 107 cm³/mol. The van der Waals surface area contributed by atoms with Crippen LogP contribution in [0.3, 0.4) is 0 Å². The fraction of sp³-hybridized carbons (Fsp3) is 0.200. The number of hydrogen-bond donors (Lipinski definition) is 1. The molecule has 2 aromatic rings. The number of hydrogen-bond acceptors (Lipinski definition) is 4. The van der Waals surface area contributed by atoms with Gasteiger partial charge in [0, 0.05) is 0 Å². The lowest BCUT2D eigenvalue weighted by Gasteiger charge is -2.16. The third-order valence-electron chi connectivity index (χ3n) is 4.03. The number of aryl methyl sites for hydroxylation is 1. The molecular formula is C20H18F2N2O3S. The molecule has 2 aromatic carbocycles. The molecular weight excluding hydrogens is 386 g/mol. The average molecular weight is 404 g/mol. The Labute approximate surface area is 166 Å². The van der Waals surface area contributed by atoms with Crippen LogP contribution in [-0.2, 0) is 4.79 Å². The Kier molecular flexibility index (Phi) is 5.89. The van der Waals surface area contributed by atoms with Gasteiger partial charge >= 0.3 is 6.61 Å². The molecule has 3 rings (SSSR count). The molecule has 1 saturated heterocycles. The van der Waals surface area contributed by atoms with Crippen molar-refractivity contribution in [2.45, 2.75) is 20.5 Å². The minimum atomic E-state index is -2.96. The molecule has 0 unspecified atom stereocenters. The number of carbonyl (C=O) groups excluding carboxylic acids is 1. The molecule has 0 aliphatic carbocycles. The summed E-state index contributed by atoms with van der Waals surface area (Å²) in [5.41, 5.74) is 2.46. The summed E-state index contributed by atoms with van der Waals surface area (Å²) in [5.74, 6) is -0.201. The lowest BCUT2D eigenvalue weighted by Crippen LogP contribution is -2.30. The Hall–Kier alpha value is -3.00. The van der Waals surface area contributed by atoms with Gasteiger partial charge in [-0.15, -0.1) is 0 Å². The zero-order valence-corrected chi connectivity index (χ0v) is 16.1. The predicted octanol–water partition coefficient (Wildman–Crippen LogP) is 4.26. The van der Waals surface area contributed by atoms with E-state index in [0.29, 0.717) is 11.3 Å². The summed E-state index contributed by atoms with van der Waals surface area (Å²) in [7, 11) is 0. The number of rotatable bonds is 6. The molecule has 8 heteroatoms. The van der Waals surface area contributed by atoms with Crippen LogP contribution in [0.15, 0.2) is 48.2 Å². The van der Waals surface area contributed by atoms with Crippen LogP contribution in [0.25, 0.3) is 6.08 Å². The van der Waals surface area contributed by atoms with Crippen LogP contribution in [0.5, 0.6) is 11.5 Å². The highest BCUT2D eigenvalue weighted by molar-refractivity contribution is 7.80. The minimum absolute atomic E-state index is 0.0678. The van der Waals surface area contributed by atoms with Crippen molar-refractivity contribution in [1.29, 1.82) is 0 Å². The fourth-order valence-electron chi connectivity index (χ4n) is 2.81. The second-order valence-electron chi connectivity index (χ2n) is 5.93. The number of alkyl halides is 2. The zero-order chi connectivity index (χ0) is 20.3. The van der Waals surface area contributed by atoms with Crippen molar-refractivity contribution < 1.29 is 23.0 Å². The van der Waals surface area contributed by atoms with Crippen LogP contribution in [0.1, 0.15) is 18.1 Å². The summed E-state index contributed by atoms with van der Waals surface area (Å²) in [4.78, 5) is 14.3. The molecule has 0 radical (unpaired) electrons. The highest BCUT2D eigenvalue weighted by Gasteiger charge is 2.32. The first-order chi connectivity index (χ1) is 13.4. The normalized spacial score (nSPS) is 15.3. The lowest BCUT2D eigenvalue weighted by atomic mass is 10.1. The summed E-state index contributed by atoms with van der Waals surface area (Å²) in [6.45, 7) is 0.949. The number of amides is 1. The molecule has 1 aliphatic heterocycles. The van der Waals surface area contributed by atoms with E-state index in [2.05, 4.69) is 10.1 Å². The largest absolute Gasteiger partial charge is 0.490 e. The lowest BCUT2D eigenvalue weighted by molar-refractivity contribution is -0.113. The maximum Gasteiger partial charge on any atom is 0.387 e. The first-order valence-corrected chi connectivity index (χ1v) is 8.96.